The molecule has 1 fully saturated rings. The van der Waals surface area contributed by atoms with Gasteiger partial charge in [-0.3, -0.25) is 8.98 Å². The van der Waals surface area contributed by atoms with Crippen LogP contribution in [0.3, 0.4) is 0 Å². The van der Waals surface area contributed by atoms with Crippen molar-refractivity contribution in [2.45, 2.75) is 44.4 Å². The van der Waals surface area contributed by atoms with Crippen LogP contribution in [0.4, 0.5) is 0 Å². The van der Waals surface area contributed by atoms with Gasteiger partial charge in [-0.1, -0.05) is 24.1 Å². The first-order chi connectivity index (χ1) is 10.9. The number of aryl methyl sites for hydroxylation is 1. The van der Waals surface area contributed by atoms with Crippen molar-refractivity contribution in [1.29, 1.82) is 0 Å². The van der Waals surface area contributed by atoms with E-state index in [1.165, 1.54) is 0 Å². The first-order valence-corrected chi connectivity index (χ1v) is 9.46. The number of hydrogen-bond donors (Lipinski definition) is 0. The summed E-state index contributed by atoms with van der Waals surface area (Å²) in [4.78, 5) is 12.0. The van der Waals surface area contributed by atoms with Crippen LogP contribution >= 0.6 is 0 Å². The molecule has 1 aromatic rings. The van der Waals surface area contributed by atoms with E-state index >= 15 is 0 Å². The van der Waals surface area contributed by atoms with Crippen LogP contribution in [0, 0.1) is 18.8 Å². The highest BCUT2D eigenvalue weighted by Crippen LogP contribution is 2.30. The van der Waals surface area contributed by atoms with Gasteiger partial charge in [0, 0.05) is 0 Å². The van der Waals surface area contributed by atoms with Crippen molar-refractivity contribution in [2.75, 3.05) is 13.2 Å². The maximum atomic E-state index is 12.2. The zero-order valence-corrected chi connectivity index (χ0v) is 14.5. The summed E-state index contributed by atoms with van der Waals surface area (Å²) in [6, 6.07) is 6.58. The van der Waals surface area contributed by atoms with E-state index in [-0.39, 0.29) is 29.3 Å². The second-order valence-corrected chi connectivity index (χ2v) is 7.65. The summed E-state index contributed by atoms with van der Waals surface area (Å²) in [6.07, 6.45) is 3.20. The molecule has 1 aliphatic carbocycles. The van der Waals surface area contributed by atoms with Gasteiger partial charge >= 0.3 is 5.97 Å². The molecule has 0 spiro atoms. The Bertz CT molecular complexity index is 621. The van der Waals surface area contributed by atoms with Gasteiger partial charge in [-0.15, -0.1) is 0 Å². The molecule has 0 amide bonds. The summed E-state index contributed by atoms with van der Waals surface area (Å²) in [6.45, 7) is 4.18. The van der Waals surface area contributed by atoms with Crippen LogP contribution in [0.25, 0.3) is 0 Å². The zero-order valence-electron chi connectivity index (χ0n) is 13.7. The van der Waals surface area contributed by atoms with E-state index in [1.807, 2.05) is 6.92 Å². The van der Waals surface area contributed by atoms with Gasteiger partial charge in [0.1, 0.15) is 0 Å². The summed E-state index contributed by atoms with van der Waals surface area (Å²) in [5, 5.41) is 0. The van der Waals surface area contributed by atoms with Gasteiger partial charge in [0.25, 0.3) is 10.1 Å². The summed E-state index contributed by atoms with van der Waals surface area (Å²) < 4.78 is 34.6. The Kier molecular flexibility index (Phi) is 6.18. The monoisotopic (exact) mass is 340 g/mol. The minimum absolute atomic E-state index is 0.0679. The Balaban J connectivity index is 1.92. The minimum atomic E-state index is -3.74. The fourth-order valence-corrected chi connectivity index (χ4v) is 3.85. The second-order valence-electron chi connectivity index (χ2n) is 6.03. The van der Waals surface area contributed by atoms with Crippen LogP contribution in [0.15, 0.2) is 29.2 Å². The van der Waals surface area contributed by atoms with Crippen LogP contribution in [-0.2, 0) is 23.8 Å². The number of rotatable bonds is 6. The van der Waals surface area contributed by atoms with Crippen LogP contribution in [-0.4, -0.2) is 27.6 Å². The summed E-state index contributed by atoms with van der Waals surface area (Å²) in [7, 11) is -3.74. The van der Waals surface area contributed by atoms with Crippen LogP contribution in [0.2, 0.25) is 0 Å². The quantitative estimate of drug-likeness (QED) is 0.588. The number of hydrogen-bond acceptors (Lipinski definition) is 5. The lowest BCUT2D eigenvalue weighted by Gasteiger charge is -2.27. The average molecular weight is 340 g/mol. The number of ether oxygens (including phenoxy) is 1. The molecule has 0 N–H and O–H groups in total. The third kappa shape index (κ3) is 5.04. The first-order valence-electron chi connectivity index (χ1n) is 8.05. The summed E-state index contributed by atoms with van der Waals surface area (Å²) in [5.74, 6) is -0.253. The first kappa shape index (κ1) is 17.9. The minimum Gasteiger partial charge on any atom is -0.466 e. The van der Waals surface area contributed by atoms with E-state index in [0.717, 1.165) is 24.8 Å². The molecule has 0 aliphatic heterocycles. The van der Waals surface area contributed by atoms with Gasteiger partial charge in [0.05, 0.1) is 24.0 Å². The van der Waals surface area contributed by atoms with Crippen molar-refractivity contribution in [2.24, 2.45) is 11.8 Å². The van der Waals surface area contributed by atoms with E-state index in [0.29, 0.717) is 13.0 Å². The highest BCUT2D eigenvalue weighted by molar-refractivity contribution is 7.86. The van der Waals surface area contributed by atoms with Crippen LogP contribution in [0.1, 0.15) is 38.2 Å². The highest BCUT2D eigenvalue weighted by atomic mass is 32.2. The number of carbonyl (C=O) groups excluding carboxylic acids is 1. The number of benzene rings is 1. The van der Waals surface area contributed by atoms with Gasteiger partial charge in [0.15, 0.2) is 0 Å². The van der Waals surface area contributed by atoms with Crippen molar-refractivity contribution in [3.8, 4) is 0 Å². The molecule has 0 radical (unpaired) electrons. The van der Waals surface area contributed by atoms with E-state index in [4.69, 9.17) is 8.92 Å². The molecule has 0 unspecified atom stereocenters. The molecule has 5 nitrogen and oxygen atoms in total. The fraction of sp³-hybridized carbons (Fsp3) is 0.588. The number of esters is 1. The molecular weight excluding hydrogens is 316 g/mol. The molecule has 0 heterocycles. The third-order valence-electron chi connectivity index (χ3n) is 4.17. The van der Waals surface area contributed by atoms with Crippen molar-refractivity contribution < 1.29 is 22.1 Å². The Morgan fingerprint density at radius 2 is 1.91 bits per heavy atom. The zero-order chi connectivity index (χ0) is 16.9. The van der Waals surface area contributed by atoms with E-state index in [2.05, 4.69) is 0 Å². The van der Waals surface area contributed by atoms with Crippen molar-refractivity contribution in [3.63, 3.8) is 0 Å². The van der Waals surface area contributed by atoms with Crippen molar-refractivity contribution in [3.05, 3.63) is 29.8 Å². The number of carbonyl (C=O) groups is 1. The standard InChI is InChI=1S/C17H24O5S/c1-3-21-17(18)15-6-4-5-14(11-15)12-22-23(19,20)16-9-7-13(2)8-10-16/h7-10,14-15H,3-6,11-12H2,1-2H3/t14-,15+/m0/s1. The Labute approximate surface area is 138 Å². The topological polar surface area (TPSA) is 69.7 Å². The normalized spacial score (nSPS) is 21.8. The molecule has 0 aromatic heterocycles. The molecule has 2 rings (SSSR count). The van der Waals surface area contributed by atoms with Crippen LogP contribution < -0.4 is 0 Å². The smallest absolute Gasteiger partial charge is 0.308 e. The van der Waals surface area contributed by atoms with Crippen molar-refractivity contribution >= 4 is 16.1 Å². The Morgan fingerprint density at radius 1 is 1.22 bits per heavy atom. The van der Waals surface area contributed by atoms with Gasteiger partial charge in [-0.25, -0.2) is 0 Å². The van der Waals surface area contributed by atoms with Gasteiger partial charge in [-0.2, -0.15) is 8.42 Å². The molecule has 0 saturated heterocycles. The highest BCUT2D eigenvalue weighted by Gasteiger charge is 2.29. The third-order valence-corrected chi connectivity index (χ3v) is 5.47. The average Bonchev–Trinajstić information content (AvgIpc) is 2.54. The Hall–Kier alpha value is -1.40. The SMILES string of the molecule is CCOC(=O)[C@@H]1CCC[C@H](COS(=O)(=O)c2ccc(C)cc2)C1. The largest absolute Gasteiger partial charge is 0.466 e. The van der Waals surface area contributed by atoms with E-state index < -0.39 is 10.1 Å². The second kappa shape index (κ2) is 7.93. The molecule has 2 atom stereocenters. The van der Waals surface area contributed by atoms with E-state index in [1.54, 1.807) is 31.2 Å². The Morgan fingerprint density at radius 3 is 2.57 bits per heavy atom. The molecule has 0 bridgehead atoms. The summed E-state index contributed by atoms with van der Waals surface area (Å²) in [5.41, 5.74) is 0.994. The van der Waals surface area contributed by atoms with Gasteiger partial charge in [0.2, 0.25) is 0 Å². The molecule has 128 valence electrons. The molecule has 1 aromatic carbocycles. The van der Waals surface area contributed by atoms with E-state index in [9.17, 15) is 13.2 Å². The van der Waals surface area contributed by atoms with Gasteiger partial charge < -0.3 is 4.74 Å². The lowest BCUT2D eigenvalue weighted by atomic mass is 9.82. The van der Waals surface area contributed by atoms with Crippen molar-refractivity contribution in [1.82, 2.24) is 0 Å². The molecule has 6 heteroatoms. The lowest BCUT2D eigenvalue weighted by Crippen LogP contribution is -2.27. The molecule has 23 heavy (non-hydrogen) atoms. The predicted octanol–water partition coefficient (Wildman–Crippen LogP) is 3.07. The van der Waals surface area contributed by atoms with Crippen LogP contribution in [0.5, 0.6) is 0 Å². The maximum Gasteiger partial charge on any atom is 0.308 e. The molecule has 1 saturated carbocycles. The molecule has 1 aliphatic rings. The molecular formula is C17H24O5S. The fourth-order valence-electron chi connectivity index (χ4n) is 2.88. The van der Waals surface area contributed by atoms with Gasteiger partial charge in [-0.05, 0) is 51.2 Å². The summed E-state index contributed by atoms with van der Waals surface area (Å²) >= 11 is 0. The maximum absolute atomic E-state index is 12.2. The lowest BCUT2D eigenvalue weighted by molar-refractivity contribution is -0.149. The predicted molar refractivity (Wildman–Crippen MR) is 86.4 cm³/mol.